The summed E-state index contributed by atoms with van der Waals surface area (Å²) >= 11 is 0. The largest absolute Gasteiger partial charge is 0.455 e. The van der Waals surface area contributed by atoms with Gasteiger partial charge in [-0.2, -0.15) is 0 Å². The van der Waals surface area contributed by atoms with Gasteiger partial charge < -0.3 is 4.42 Å². The quantitative estimate of drug-likeness (QED) is 0.416. The second kappa shape index (κ2) is 5.55. The summed E-state index contributed by atoms with van der Waals surface area (Å²) in [6.45, 7) is 7.11. The van der Waals surface area contributed by atoms with Crippen molar-refractivity contribution in [3.05, 3.63) is 60.3 Å². The topological polar surface area (TPSA) is 26.0 Å². The summed E-state index contributed by atoms with van der Waals surface area (Å²) in [5, 5.41) is 3.80. The maximum atomic E-state index is 6.51. The van der Waals surface area contributed by atoms with E-state index in [1.165, 1.54) is 34.4 Å². The minimum Gasteiger partial charge on any atom is -0.455 e. The van der Waals surface area contributed by atoms with E-state index in [1.54, 1.807) is 0 Å². The average Bonchev–Trinajstić information content (AvgIpc) is 3.41. The van der Waals surface area contributed by atoms with Crippen LogP contribution >= 0.6 is 0 Å². The standard InChI is InChI=1S/C23H23NOSi/c1-26(2,3)21-9-5-7-18-17-6-4-8-19(22(17)25-23(18)21)20-14-16(12-13-24-20)15-10-11-15/h4-9,12-15H,10-11H2,1-3H3. The Morgan fingerprint density at radius 3 is 2.38 bits per heavy atom. The van der Waals surface area contributed by atoms with Gasteiger partial charge in [0.15, 0.2) is 0 Å². The number of hydrogen-bond donors (Lipinski definition) is 0. The molecule has 5 rings (SSSR count). The van der Waals surface area contributed by atoms with Crippen molar-refractivity contribution in [1.82, 2.24) is 4.98 Å². The first-order valence-corrected chi connectivity index (χ1v) is 12.9. The first kappa shape index (κ1) is 15.8. The van der Waals surface area contributed by atoms with Gasteiger partial charge >= 0.3 is 0 Å². The molecule has 3 heteroatoms. The summed E-state index contributed by atoms with van der Waals surface area (Å²) in [5.74, 6) is 0.727. The van der Waals surface area contributed by atoms with Gasteiger partial charge in [0, 0.05) is 22.5 Å². The zero-order valence-corrected chi connectivity index (χ0v) is 16.5. The summed E-state index contributed by atoms with van der Waals surface area (Å²) < 4.78 is 6.51. The van der Waals surface area contributed by atoms with Crippen molar-refractivity contribution in [2.75, 3.05) is 0 Å². The number of para-hydroxylation sites is 2. The fourth-order valence-electron chi connectivity index (χ4n) is 3.88. The molecule has 4 aromatic rings. The predicted octanol–water partition coefficient (Wildman–Crippen LogP) is 6.07. The van der Waals surface area contributed by atoms with Gasteiger partial charge in [-0.3, -0.25) is 4.98 Å². The van der Waals surface area contributed by atoms with Gasteiger partial charge in [-0.1, -0.05) is 50.0 Å². The number of furan rings is 1. The highest BCUT2D eigenvalue weighted by atomic mass is 28.3. The normalized spacial score (nSPS) is 15.0. The lowest BCUT2D eigenvalue weighted by Gasteiger charge is -2.16. The molecule has 0 bridgehead atoms. The van der Waals surface area contributed by atoms with Crippen LogP contribution in [0.3, 0.4) is 0 Å². The molecule has 0 amide bonds. The first-order valence-electron chi connectivity index (χ1n) is 9.43. The molecule has 1 aliphatic rings. The number of aromatic nitrogens is 1. The number of nitrogens with zero attached hydrogens (tertiary/aromatic N) is 1. The van der Waals surface area contributed by atoms with Crippen LogP contribution in [0.1, 0.15) is 24.3 Å². The fraction of sp³-hybridized carbons (Fsp3) is 0.261. The average molecular weight is 358 g/mol. The lowest BCUT2D eigenvalue weighted by atomic mass is 10.0. The van der Waals surface area contributed by atoms with Crippen molar-refractivity contribution < 1.29 is 4.42 Å². The minimum atomic E-state index is -1.48. The molecular formula is C23H23NOSi. The zero-order chi connectivity index (χ0) is 17.9. The van der Waals surface area contributed by atoms with Crippen LogP contribution in [0.4, 0.5) is 0 Å². The summed E-state index contributed by atoms with van der Waals surface area (Å²) in [4.78, 5) is 4.66. The Balaban J connectivity index is 1.78. The summed E-state index contributed by atoms with van der Waals surface area (Å²) in [7, 11) is -1.48. The highest BCUT2D eigenvalue weighted by Gasteiger charge is 2.25. The van der Waals surface area contributed by atoms with Crippen LogP contribution in [-0.2, 0) is 0 Å². The third-order valence-corrected chi connectivity index (χ3v) is 7.45. The number of hydrogen-bond acceptors (Lipinski definition) is 2. The van der Waals surface area contributed by atoms with Crippen molar-refractivity contribution >= 4 is 35.2 Å². The number of benzene rings is 2. The van der Waals surface area contributed by atoms with E-state index in [4.69, 9.17) is 4.42 Å². The molecule has 2 heterocycles. The van der Waals surface area contributed by atoms with E-state index in [-0.39, 0.29) is 0 Å². The molecule has 0 unspecified atom stereocenters. The van der Waals surface area contributed by atoms with Gasteiger partial charge in [-0.15, -0.1) is 0 Å². The van der Waals surface area contributed by atoms with Crippen LogP contribution in [0.2, 0.25) is 19.6 Å². The maximum Gasteiger partial charge on any atom is 0.144 e. The molecule has 130 valence electrons. The molecule has 2 aromatic carbocycles. The Morgan fingerprint density at radius 2 is 1.65 bits per heavy atom. The van der Waals surface area contributed by atoms with Crippen LogP contribution in [0.15, 0.2) is 59.1 Å². The third-order valence-electron chi connectivity index (χ3n) is 5.44. The summed E-state index contributed by atoms with van der Waals surface area (Å²) in [6.07, 6.45) is 4.55. The molecule has 1 aliphatic carbocycles. The van der Waals surface area contributed by atoms with E-state index >= 15 is 0 Å². The highest BCUT2D eigenvalue weighted by molar-refractivity contribution is 6.90. The van der Waals surface area contributed by atoms with Crippen LogP contribution < -0.4 is 5.19 Å². The van der Waals surface area contributed by atoms with E-state index in [0.29, 0.717) is 0 Å². The highest BCUT2D eigenvalue weighted by Crippen LogP contribution is 2.41. The SMILES string of the molecule is C[Si](C)(C)c1cccc2c1oc1c(-c3cc(C4CC4)ccn3)cccc12. The molecule has 2 aromatic heterocycles. The Kier molecular flexibility index (Phi) is 3.38. The lowest BCUT2D eigenvalue weighted by Crippen LogP contribution is -2.37. The summed E-state index contributed by atoms with van der Waals surface area (Å²) in [5.41, 5.74) is 5.56. The first-order chi connectivity index (χ1) is 12.5. The van der Waals surface area contributed by atoms with Crippen LogP contribution in [0, 0.1) is 0 Å². The van der Waals surface area contributed by atoms with E-state index in [9.17, 15) is 0 Å². The monoisotopic (exact) mass is 357 g/mol. The van der Waals surface area contributed by atoms with Crippen molar-refractivity contribution in [1.29, 1.82) is 0 Å². The Labute approximate surface area is 154 Å². The molecule has 0 radical (unpaired) electrons. The van der Waals surface area contributed by atoms with Crippen molar-refractivity contribution in [3.63, 3.8) is 0 Å². The number of fused-ring (bicyclic) bond motifs is 3. The zero-order valence-electron chi connectivity index (χ0n) is 15.5. The maximum absolute atomic E-state index is 6.51. The van der Waals surface area contributed by atoms with Gasteiger partial charge in [0.05, 0.1) is 13.8 Å². The Morgan fingerprint density at radius 1 is 0.923 bits per heavy atom. The molecule has 1 saturated carbocycles. The van der Waals surface area contributed by atoms with Gasteiger partial charge in [0.1, 0.15) is 11.2 Å². The third kappa shape index (κ3) is 2.50. The van der Waals surface area contributed by atoms with E-state index in [2.05, 4.69) is 73.2 Å². The van der Waals surface area contributed by atoms with Crippen molar-refractivity contribution in [2.45, 2.75) is 38.4 Å². The minimum absolute atomic E-state index is 0.727. The molecular weight excluding hydrogens is 334 g/mol. The molecule has 1 fully saturated rings. The van der Waals surface area contributed by atoms with E-state index < -0.39 is 8.07 Å². The molecule has 0 atom stereocenters. The number of rotatable bonds is 3. The smallest absolute Gasteiger partial charge is 0.144 e. The van der Waals surface area contributed by atoms with Crippen molar-refractivity contribution in [3.8, 4) is 11.3 Å². The molecule has 0 N–H and O–H groups in total. The second-order valence-corrected chi connectivity index (χ2v) is 13.5. The summed E-state index contributed by atoms with van der Waals surface area (Å²) in [6, 6.07) is 17.4. The van der Waals surface area contributed by atoms with Gasteiger partial charge in [-0.25, -0.2) is 0 Å². The molecule has 0 spiro atoms. The molecule has 2 nitrogen and oxygen atoms in total. The fourth-order valence-corrected chi connectivity index (χ4v) is 5.34. The van der Waals surface area contributed by atoms with Crippen LogP contribution in [0.5, 0.6) is 0 Å². The van der Waals surface area contributed by atoms with Crippen LogP contribution in [-0.4, -0.2) is 13.1 Å². The van der Waals surface area contributed by atoms with Gasteiger partial charge in [0.2, 0.25) is 0 Å². The van der Waals surface area contributed by atoms with E-state index in [0.717, 1.165) is 28.3 Å². The van der Waals surface area contributed by atoms with Gasteiger partial charge in [-0.05, 0) is 47.7 Å². The van der Waals surface area contributed by atoms with Crippen molar-refractivity contribution in [2.24, 2.45) is 0 Å². The molecule has 0 saturated heterocycles. The second-order valence-electron chi connectivity index (χ2n) is 8.47. The Hall–Kier alpha value is -2.39. The molecule has 26 heavy (non-hydrogen) atoms. The predicted molar refractivity (Wildman–Crippen MR) is 112 cm³/mol. The number of pyridine rings is 1. The van der Waals surface area contributed by atoms with Crippen LogP contribution in [0.25, 0.3) is 33.2 Å². The van der Waals surface area contributed by atoms with E-state index in [1.807, 2.05) is 6.20 Å². The van der Waals surface area contributed by atoms with Gasteiger partial charge in [0.25, 0.3) is 0 Å². The molecule has 0 aliphatic heterocycles. The lowest BCUT2D eigenvalue weighted by molar-refractivity contribution is 0.672. The Bertz CT molecular complexity index is 1130.